The van der Waals surface area contributed by atoms with E-state index in [0.29, 0.717) is 16.7 Å². The van der Waals surface area contributed by atoms with E-state index in [-0.39, 0.29) is 10.8 Å². The average molecular weight is 423 g/mol. The number of nitro benzene ring substituents is 1. The molecule has 150 valence electrons. The summed E-state index contributed by atoms with van der Waals surface area (Å²) in [6.45, 7) is 5.22. The smallest absolute Gasteiger partial charge is 0.286 e. The van der Waals surface area contributed by atoms with Crippen molar-refractivity contribution in [2.24, 2.45) is 0 Å². The molecule has 0 saturated carbocycles. The predicted molar refractivity (Wildman–Crippen MR) is 125 cm³/mol. The summed E-state index contributed by atoms with van der Waals surface area (Å²) < 4.78 is 0. The van der Waals surface area contributed by atoms with Crippen LogP contribution in [0.4, 0.5) is 5.69 Å². The van der Waals surface area contributed by atoms with Gasteiger partial charge in [0.25, 0.3) is 5.69 Å². The normalized spacial score (nSPS) is 9.58. The van der Waals surface area contributed by atoms with Gasteiger partial charge in [0.1, 0.15) is 5.56 Å². The lowest BCUT2D eigenvalue weighted by Crippen LogP contribution is -1.93. The van der Waals surface area contributed by atoms with E-state index >= 15 is 0 Å². The van der Waals surface area contributed by atoms with Crippen molar-refractivity contribution < 1.29 is 9.72 Å². The van der Waals surface area contributed by atoms with Crippen LogP contribution < -0.4 is 0 Å². The molecule has 3 rings (SSSR count). The Bertz CT molecular complexity index is 1270. The van der Waals surface area contributed by atoms with Crippen molar-refractivity contribution in [3.05, 3.63) is 111 Å². The van der Waals surface area contributed by atoms with Crippen molar-refractivity contribution in [1.82, 2.24) is 0 Å². The first kappa shape index (κ1) is 21.6. The molecule has 0 saturated heterocycles. The number of nitrogens with zero attached hydrogens (tertiary/aromatic N) is 1. The van der Waals surface area contributed by atoms with Crippen LogP contribution >= 0.6 is 11.8 Å². The molecule has 0 aliphatic rings. The van der Waals surface area contributed by atoms with Gasteiger partial charge in [0.2, 0.25) is 0 Å². The van der Waals surface area contributed by atoms with Crippen molar-refractivity contribution in [1.29, 1.82) is 0 Å². The fourth-order valence-corrected chi connectivity index (χ4v) is 3.23. The van der Waals surface area contributed by atoms with Crippen LogP contribution in [0.3, 0.4) is 0 Å². The second kappa shape index (κ2) is 10.1. The number of benzene rings is 3. The van der Waals surface area contributed by atoms with Crippen LogP contribution in [-0.4, -0.2) is 10.0 Å². The number of hydrogen-bond donors (Lipinski definition) is 0. The Morgan fingerprint density at radius 2 is 1.45 bits per heavy atom. The van der Waals surface area contributed by atoms with Gasteiger partial charge in [-0.05, 0) is 54.1 Å². The summed E-state index contributed by atoms with van der Waals surface area (Å²) in [6, 6.07) is 19.5. The lowest BCUT2D eigenvalue weighted by molar-refractivity contribution is -0.385. The first-order valence-electron chi connectivity index (χ1n) is 9.28. The molecule has 5 heteroatoms. The van der Waals surface area contributed by atoms with Gasteiger partial charge in [-0.2, -0.15) is 0 Å². The third-order valence-corrected chi connectivity index (χ3v) is 4.94. The van der Waals surface area contributed by atoms with Gasteiger partial charge in [-0.15, -0.1) is 0 Å². The predicted octanol–water partition coefficient (Wildman–Crippen LogP) is 5.68. The van der Waals surface area contributed by atoms with Gasteiger partial charge < -0.3 is 0 Å². The van der Waals surface area contributed by atoms with Crippen molar-refractivity contribution in [3.63, 3.8) is 0 Å². The SMILES string of the molecule is C=Cc1ccc(C#Cc2ccc(C#Cc3ccc(SC(C)=O)cc3)c([N+](=O)[O-])c2)cc1. The summed E-state index contributed by atoms with van der Waals surface area (Å²) >= 11 is 1.14. The van der Waals surface area contributed by atoms with Crippen molar-refractivity contribution >= 4 is 28.6 Å². The van der Waals surface area contributed by atoms with Gasteiger partial charge in [0.05, 0.1) is 4.92 Å². The van der Waals surface area contributed by atoms with Crippen LogP contribution in [0.5, 0.6) is 0 Å². The van der Waals surface area contributed by atoms with Crippen molar-refractivity contribution in [2.75, 3.05) is 0 Å². The molecule has 4 nitrogen and oxygen atoms in total. The minimum atomic E-state index is -0.458. The van der Waals surface area contributed by atoms with Gasteiger partial charge >= 0.3 is 0 Å². The van der Waals surface area contributed by atoms with E-state index in [2.05, 4.69) is 30.3 Å². The lowest BCUT2D eigenvalue weighted by atomic mass is 10.1. The van der Waals surface area contributed by atoms with E-state index in [1.54, 1.807) is 42.5 Å². The Kier molecular flexibility index (Phi) is 7.06. The molecule has 0 aromatic heterocycles. The highest BCUT2D eigenvalue weighted by Crippen LogP contribution is 2.21. The maximum absolute atomic E-state index is 11.5. The molecule has 0 radical (unpaired) electrons. The Hall–Kier alpha value is -4.06. The third-order valence-electron chi connectivity index (χ3n) is 4.15. The quantitative estimate of drug-likeness (QED) is 0.235. The molecule has 0 N–H and O–H groups in total. The Morgan fingerprint density at radius 3 is 2.03 bits per heavy atom. The standard InChI is InChI=1S/C26H17NO3S/c1-3-20-4-6-21(7-5-20)8-9-23-11-15-24(26(18-23)27(29)30)14-10-22-12-16-25(17-13-22)31-19(2)28/h3-7,11-13,15-18H,1H2,2H3. The molecule has 0 unspecified atom stereocenters. The number of nitro groups is 1. The van der Waals surface area contributed by atoms with Crippen LogP contribution in [0, 0.1) is 33.8 Å². The number of rotatable bonds is 3. The van der Waals surface area contributed by atoms with Crippen molar-refractivity contribution in [2.45, 2.75) is 11.8 Å². The van der Waals surface area contributed by atoms with E-state index in [4.69, 9.17) is 0 Å². The molecule has 0 bridgehead atoms. The first-order valence-corrected chi connectivity index (χ1v) is 10.1. The maximum atomic E-state index is 11.5. The van der Waals surface area contributed by atoms with Gasteiger partial charge in [-0.25, -0.2) is 0 Å². The monoisotopic (exact) mass is 423 g/mol. The fraction of sp³-hybridized carbons (Fsp3) is 0.0385. The molecule has 0 heterocycles. The lowest BCUT2D eigenvalue weighted by Gasteiger charge is -1.98. The highest BCUT2D eigenvalue weighted by Gasteiger charge is 2.12. The van der Waals surface area contributed by atoms with Crippen LogP contribution in [0.15, 0.2) is 78.2 Å². The first-order chi connectivity index (χ1) is 14.9. The molecule has 0 spiro atoms. The molecule has 3 aromatic rings. The molecule has 0 amide bonds. The summed E-state index contributed by atoms with van der Waals surface area (Å²) in [6.07, 6.45) is 1.75. The summed E-state index contributed by atoms with van der Waals surface area (Å²) in [5, 5.41) is 11.5. The van der Waals surface area contributed by atoms with Gasteiger partial charge in [0.15, 0.2) is 5.12 Å². The Balaban J connectivity index is 1.84. The maximum Gasteiger partial charge on any atom is 0.286 e. The van der Waals surface area contributed by atoms with Gasteiger partial charge in [0, 0.05) is 34.6 Å². The van der Waals surface area contributed by atoms with Gasteiger partial charge in [-0.1, -0.05) is 60.2 Å². The van der Waals surface area contributed by atoms with Gasteiger partial charge in [-0.3, -0.25) is 14.9 Å². The fourth-order valence-electron chi connectivity index (χ4n) is 2.62. The number of carbonyl (C=O) groups excluding carboxylic acids is 1. The number of thioether (sulfide) groups is 1. The minimum absolute atomic E-state index is 0.00595. The zero-order chi connectivity index (χ0) is 22.2. The third kappa shape index (κ3) is 6.21. The molecule has 31 heavy (non-hydrogen) atoms. The van der Waals surface area contributed by atoms with Crippen LogP contribution in [0.25, 0.3) is 6.08 Å². The number of carbonyl (C=O) groups is 1. The van der Waals surface area contributed by atoms with E-state index < -0.39 is 4.92 Å². The van der Waals surface area contributed by atoms with E-state index in [1.807, 2.05) is 24.3 Å². The molecule has 3 aromatic carbocycles. The van der Waals surface area contributed by atoms with Crippen molar-refractivity contribution in [3.8, 4) is 23.7 Å². The molecule has 0 aliphatic carbocycles. The summed E-state index contributed by atoms with van der Waals surface area (Å²) in [5.74, 6) is 11.8. The Labute approximate surface area is 185 Å². The molecule has 0 aliphatic heterocycles. The highest BCUT2D eigenvalue weighted by atomic mass is 32.2. The van der Waals surface area contributed by atoms with Crippen LogP contribution in [0.2, 0.25) is 0 Å². The zero-order valence-corrected chi connectivity index (χ0v) is 17.5. The summed E-state index contributed by atoms with van der Waals surface area (Å²) in [7, 11) is 0. The summed E-state index contributed by atoms with van der Waals surface area (Å²) in [4.78, 5) is 23.0. The Morgan fingerprint density at radius 1 is 0.903 bits per heavy atom. The topological polar surface area (TPSA) is 60.2 Å². The molecule has 0 atom stereocenters. The second-order valence-corrected chi connectivity index (χ2v) is 7.68. The molecular weight excluding hydrogens is 406 g/mol. The van der Waals surface area contributed by atoms with Crippen LogP contribution in [-0.2, 0) is 4.79 Å². The number of hydrogen-bond acceptors (Lipinski definition) is 4. The van der Waals surface area contributed by atoms with E-state index in [9.17, 15) is 14.9 Å². The minimum Gasteiger partial charge on any atom is -0.287 e. The average Bonchev–Trinajstić information content (AvgIpc) is 2.77. The zero-order valence-electron chi connectivity index (χ0n) is 16.7. The largest absolute Gasteiger partial charge is 0.287 e. The summed E-state index contributed by atoms with van der Waals surface area (Å²) in [5.41, 5.74) is 3.27. The molecular formula is C26H17NO3S. The molecule has 0 fully saturated rings. The van der Waals surface area contributed by atoms with Crippen LogP contribution in [0.1, 0.15) is 34.7 Å². The second-order valence-electron chi connectivity index (χ2n) is 6.43. The van der Waals surface area contributed by atoms with E-state index in [0.717, 1.165) is 27.8 Å². The van der Waals surface area contributed by atoms with E-state index in [1.165, 1.54) is 13.0 Å². The highest BCUT2D eigenvalue weighted by molar-refractivity contribution is 8.13.